The van der Waals surface area contributed by atoms with Gasteiger partial charge in [0.2, 0.25) is 11.8 Å². The number of piperidine rings is 1. The molecule has 3 aliphatic heterocycles. The molecule has 2 fully saturated rings. The van der Waals surface area contributed by atoms with Crippen LogP contribution >= 0.6 is 0 Å². The van der Waals surface area contributed by atoms with E-state index < -0.39 is 5.60 Å². The lowest BCUT2D eigenvalue weighted by Gasteiger charge is -2.44. The van der Waals surface area contributed by atoms with Crippen molar-refractivity contribution in [2.75, 3.05) is 24.5 Å². The molecule has 160 valence electrons. The molecule has 0 bridgehead atoms. The normalized spacial score (nSPS) is 22.4. The fourth-order valence-electron chi connectivity index (χ4n) is 5.03. The van der Waals surface area contributed by atoms with Crippen LogP contribution in [-0.2, 0) is 9.59 Å². The molecule has 0 radical (unpaired) electrons. The molecule has 1 unspecified atom stereocenters. The summed E-state index contributed by atoms with van der Waals surface area (Å²) >= 11 is 0. The van der Waals surface area contributed by atoms with Crippen LogP contribution in [0.25, 0.3) is 0 Å². The van der Waals surface area contributed by atoms with Crippen molar-refractivity contribution in [3.8, 4) is 5.75 Å². The highest BCUT2D eigenvalue weighted by Crippen LogP contribution is 2.39. The van der Waals surface area contributed by atoms with E-state index in [9.17, 15) is 14.4 Å². The van der Waals surface area contributed by atoms with Crippen molar-refractivity contribution in [2.24, 2.45) is 5.92 Å². The summed E-state index contributed by atoms with van der Waals surface area (Å²) in [6.45, 7) is 3.50. The molecule has 31 heavy (non-hydrogen) atoms. The van der Waals surface area contributed by atoms with E-state index in [4.69, 9.17) is 4.74 Å². The smallest absolute Gasteiger partial charge is 0.228 e. The Bertz CT molecular complexity index is 1050. The maximum absolute atomic E-state index is 13.2. The number of fused-ring (bicyclic) bond motifs is 1. The Morgan fingerprint density at radius 2 is 1.84 bits per heavy atom. The topological polar surface area (TPSA) is 66.9 Å². The molecule has 6 nitrogen and oxygen atoms in total. The summed E-state index contributed by atoms with van der Waals surface area (Å²) in [7, 11) is 0. The van der Waals surface area contributed by atoms with Crippen LogP contribution in [-0.4, -0.2) is 47.7 Å². The van der Waals surface area contributed by atoms with Crippen molar-refractivity contribution in [3.63, 3.8) is 0 Å². The van der Waals surface area contributed by atoms with E-state index in [-0.39, 0.29) is 29.9 Å². The standard InChI is InChI=1S/C25H26N2O4/c1-17-5-4-6-19(13-17)27-16-18(14-23(27)29)24(30)26-11-9-25(10-12-26)15-21(28)20-7-2-3-8-22(20)31-25/h2-8,13,18H,9-12,14-16H2,1H3. The molecule has 0 N–H and O–H groups in total. The van der Waals surface area contributed by atoms with Gasteiger partial charge in [-0.3, -0.25) is 14.4 Å². The first-order valence-corrected chi connectivity index (χ1v) is 10.9. The van der Waals surface area contributed by atoms with Crippen LogP contribution in [0, 0.1) is 12.8 Å². The van der Waals surface area contributed by atoms with Gasteiger partial charge in [0.15, 0.2) is 5.78 Å². The zero-order chi connectivity index (χ0) is 21.6. The second-order valence-electron chi connectivity index (χ2n) is 8.95. The number of para-hydroxylation sites is 1. The van der Waals surface area contributed by atoms with Crippen LogP contribution in [0.1, 0.15) is 41.6 Å². The van der Waals surface area contributed by atoms with Crippen molar-refractivity contribution in [1.29, 1.82) is 0 Å². The number of benzene rings is 2. The van der Waals surface area contributed by atoms with Crippen LogP contribution in [0.3, 0.4) is 0 Å². The average Bonchev–Trinajstić information content (AvgIpc) is 3.15. The van der Waals surface area contributed by atoms with E-state index >= 15 is 0 Å². The summed E-state index contributed by atoms with van der Waals surface area (Å²) in [5, 5.41) is 0. The molecule has 1 atom stereocenters. The van der Waals surface area contributed by atoms with Crippen LogP contribution in [0.2, 0.25) is 0 Å². The number of likely N-dealkylation sites (tertiary alicyclic amines) is 1. The molecule has 2 aromatic carbocycles. The summed E-state index contributed by atoms with van der Waals surface area (Å²) < 4.78 is 6.27. The van der Waals surface area contributed by atoms with Crippen molar-refractivity contribution >= 4 is 23.3 Å². The number of ketones is 1. The van der Waals surface area contributed by atoms with Gasteiger partial charge in [-0.25, -0.2) is 0 Å². The van der Waals surface area contributed by atoms with Crippen LogP contribution in [0.15, 0.2) is 48.5 Å². The lowest BCUT2D eigenvalue weighted by molar-refractivity contribution is -0.139. The Morgan fingerprint density at radius 1 is 1.06 bits per heavy atom. The molecule has 6 heteroatoms. The first-order valence-electron chi connectivity index (χ1n) is 10.9. The number of amides is 2. The Hall–Kier alpha value is -3.15. The first-order chi connectivity index (χ1) is 14.9. The number of rotatable bonds is 2. The van der Waals surface area contributed by atoms with Crippen LogP contribution in [0.4, 0.5) is 5.69 Å². The molecule has 0 aliphatic carbocycles. The lowest BCUT2D eigenvalue weighted by Crippen LogP contribution is -2.53. The Kier molecular flexibility index (Phi) is 4.80. The van der Waals surface area contributed by atoms with E-state index in [1.165, 1.54) is 0 Å². The number of Topliss-reactive ketones (excluding diaryl/α,β-unsaturated/α-hetero) is 1. The lowest BCUT2D eigenvalue weighted by atomic mass is 9.82. The number of anilines is 1. The van der Waals surface area contributed by atoms with Crippen molar-refractivity contribution in [3.05, 3.63) is 59.7 Å². The summed E-state index contributed by atoms with van der Waals surface area (Å²) in [6.07, 6.45) is 1.86. The van der Waals surface area contributed by atoms with Gasteiger partial charge in [0.05, 0.1) is 17.9 Å². The number of carbonyl (C=O) groups excluding carboxylic acids is 3. The number of hydrogen-bond acceptors (Lipinski definition) is 4. The van der Waals surface area contributed by atoms with Gasteiger partial charge in [0.25, 0.3) is 0 Å². The minimum absolute atomic E-state index is 0.00440. The Morgan fingerprint density at radius 3 is 2.61 bits per heavy atom. The van der Waals surface area contributed by atoms with Gasteiger partial charge in [-0.05, 0) is 36.8 Å². The van der Waals surface area contributed by atoms with Crippen LogP contribution in [0.5, 0.6) is 5.75 Å². The van der Waals surface area contributed by atoms with Gasteiger partial charge in [-0.1, -0.05) is 24.3 Å². The first kappa shape index (κ1) is 19.8. The van der Waals surface area contributed by atoms with Gasteiger partial charge in [0, 0.05) is 44.6 Å². The maximum atomic E-state index is 13.2. The molecule has 3 aliphatic rings. The van der Waals surface area contributed by atoms with Gasteiger partial charge < -0.3 is 14.5 Å². The molecule has 1 spiro atoms. The molecule has 0 aromatic heterocycles. The number of carbonyl (C=O) groups is 3. The van der Waals surface area contributed by atoms with Gasteiger partial charge in [-0.15, -0.1) is 0 Å². The quantitative estimate of drug-likeness (QED) is 0.750. The Labute approximate surface area is 181 Å². The predicted octanol–water partition coefficient (Wildman–Crippen LogP) is 3.37. The number of hydrogen-bond donors (Lipinski definition) is 0. The minimum Gasteiger partial charge on any atom is -0.486 e. The van der Waals surface area contributed by atoms with Crippen molar-refractivity contribution in [1.82, 2.24) is 4.90 Å². The predicted molar refractivity (Wildman–Crippen MR) is 116 cm³/mol. The summed E-state index contributed by atoms with van der Waals surface area (Å²) in [5.41, 5.74) is 2.06. The largest absolute Gasteiger partial charge is 0.486 e. The molecular formula is C25H26N2O4. The van der Waals surface area contributed by atoms with E-state index in [0.29, 0.717) is 50.2 Å². The number of aryl methyl sites for hydroxylation is 1. The second kappa shape index (κ2) is 7.52. The third-order valence-corrected chi connectivity index (χ3v) is 6.77. The fraction of sp³-hybridized carbons (Fsp3) is 0.400. The molecule has 2 amide bonds. The van der Waals surface area contributed by atoms with E-state index in [2.05, 4.69) is 0 Å². The summed E-state index contributed by atoms with van der Waals surface area (Å²) in [6, 6.07) is 15.2. The van der Waals surface area contributed by atoms with Gasteiger partial charge >= 0.3 is 0 Å². The number of ether oxygens (including phenoxy) is 1. The highest BCUT2D eigenvalue weighted by molar-refractivity contribution is 6.01. The summed E-state index contributed by atoms with van der Waals surface area (Å²) in [5.74, 6) is 0.457. The molecule has 3 heterocycles. The van der Waals surface area contributed by atoms with Crippen LogP contribution < -0.4 is 9.64 Å². The zero-order valence-electron chi connectivity index (χ0n) is 17.7. The third kappa shape index (κ3) is 3.60. The van der Waals surface area contributed by atoms with Crippen molar-refractivity contribution in [2.45, 2.75) is 38.2 Å². The molecule has 2 aromatic rings. The number of nitrogens with zero attached hydrogens (tertiary/aromatic N) is 2. The van der Waals surface area contributed by atoms with Gasteiger partial charge in [0.1, 0.15) is 11.4 Å². The van der Waals surface area contributed by atoms with E-state index in [1.54, 1.807) is 11.0 Å². The monoisotopic (exact) mass is 418 g/mol. The molecular weight excluding hydrogens is 392 g/mol. The highest BCUT2D eigenvalue weighted by Gasteiger charge is 2.45. The molecule has 2 saturated heterocycles. The highest BCUT2D eigenvalue weighted by atomic mass is 16.5. The second-order valence-corrected chi connectivity index (χ2v) is 8.95. The Balaban J connectivity index is 1.24. The SMILES string of the molecule is Cc1cccc(N2CC(C(=O)N3CCC4(CC3)CC(=O)c3ccccc3O4)CC2=O)c1. The third-order valence-electron chi connectivity index (χ3n) is 6.77. The van der Waals surface area contributed by atoms with Crippen molar-refractivity contribution < 1.29 is 19.1 Å². The molecule has 0 saturated carbocycles. The molecule has 5 rings (SSSR count). The fourth-order valence-corrected chi connectivity index (χ4v) is 5.03. The van der Waals surface area contributed by atoms with E-state index in [0.717, 1.165) is 11.3 Å². The maximum Gasteiger partial charge on any atom is 0.228 e. The summed E-state index contributed by atoms with van der Waals surface area (Å²) in [4.78, 5) is 41.9. The zero-order valence-corrected chi connectivity index (χ0v) is 17.7. The average molecular weight is 418 g/mol. The minimum atomic E-state index is -0.526. The van der Waals surface area contributed by atoms with E-state index in [1.807, 2.05) is 54.3 Å². The van der Waals surface area contributed by atoms with Gasteiger partial charge in [-0.2, -0.15) is 0 Å².